The Labute approximate surface area is 159 Å². The fourth-order valence-electron chi connectivity index (χ4n) is 2.48. The van der Waals surface area contributed by atoms with Gasteiger partial charge in [-0.25, -0.2) is 0 Å². The van der Waals surface area contributed by atoms with Crippen molar-refractivity contribution in [1.82, 2.24) is 14.8 Å². The van der Waals surface area contributed by atoms with E-state index in [1.807, 2.05) is 28.8 Å². The molecule has 2 heterocycles. The Balaban J connectivity index is 1.75. The zero-order valence-corrected chi connectivity index (χ0v) is 15.3. The lowest BCUT2D eigenvalue weighted by molar-refractivity contribution is -0.118. The first-order valence-corrected chi connectivity index (χ1v) is 9.26. The van der Waals surface area contributed by atoms with Gasteiger partial charge < -0.3 is 15.9 Å². The number of primary amides is 2. The summed E-state index contributed by atoms with van der Waals surface area (Å²) in [6, 6.07) is 10.8. The van der Waals surface area contributed by atoms with Crippen molar-refractivity contribution in [2.75, 3.05) is 0 Å². The Morgan fingerprint density at radius 1 is 1.11 bits per heavy atom. The molecule has 140 valence electrons. The number of thioether (sulfide) groups is 1. The van der Waals surface area contributed by atoms with Gasteiger partial charge >= 0.3 is 0 Å². The number of nitrogens with zero attached hydrogens (tertiary/aromatic N) is 3. The third kappa shape index (κ3) is 4.98. The Morgan fingerprint density at radius 2 is 1.89 bits per heavy atom. The van der Waals surface area contributed by atoms with Crippen LogP contribution >= 0.6 is 11.8 Å². The number of hydrogen-bond donors (Lipinski definition) is 2. The number of benzene rings is 1. The van der Waals surface area contributed by atoms with Crippen molar-refractivity contribution in [2.24, 2.45) is 11.5 Å². The van der Waals surface area contributed by atoms with E-state index in [2.05, 4.69) is 10.2 Å². The van der Waals surface area contributed by atoms with Gasteiger partial charge in [0, 0.05) is 24.2 Å². The standard InChI is InChI=1S/C18H19N5O3S/c19-15(24)7-8-16-21-22-18(23(16)10-14-2-1-9-26-14)27-11-12-3-5-13(6-4-12)17(20)25/h1-6,9H,7-8,10-11H2,(H2,19,24)(H2,20,25). The Bertz CT molecular complexity index is 919. The molecule has 27 heavy (non-hydrogen) atoms. The second kappa shape index (κ2) is 8.54. The van der Waals surface area contributed by atoms with Gasteiger partial charge in [0.15, 0.2) is 5.16 Å². The van der Waals surface area contributed by atoms with Crippen LogP contribution in [0.5, 0.6) is 0 Å². The summed E-state index contributed by atoms with van der Waals surface area (Å²) in [6.07, 6.45) is 2.22. The first kappa shape index (κ1) is 18.7. The van der Waals surface area contributed by atoms with Gasteiger partial charge in [-0.15, -0.1) is 10.2 Å². The van der Waals surface area contributed by atoms with E-state index in [9.17, 15) is 9.59 Å². The first-order chi connectivity index (χ1) is 13.0. The Hall–Kier alpha value is -3.07. The zero-order valence-electron chi connectivity index (χ0n) is 14.5. The lowest BCUT2D eigenvalue weighted by Crippen LogP contribution is -2.14. The summed E-state index contributed by atoms with van der Waals surface area (Å²) in [5.74, 6) is 1.25. The van der Waals surface area contributed by atoms with Crippen LogP contribution in [0.1, 0.15) is 33.9 Å². The minimum Gasteiger partial charge on any atom is -0.467 e. The van der Waals surface area contributed by atoms with Crippen molar-refractivity contribution >= 4 is 23.6 Å². The molecule has 0 aliphatic heterocycles. The average molecular weight is 385 g/mol. The van der Waals surface area contributed by atoms with E-state index < -0.39 is 5.91 Å². The molecule has 2 amide bonds. The van der Waals surface area contributed by atoms with Gasteiger partial charge in [0.25, 0.3) is 0 Å². The minimum atomic E-state index is -0.452. The maximum atomic E-state index is 11.2. The summed E-state index contributed by atoms with van der Waals surface area (Å²) in [5.41, 5.74) is 12.0. The number of carbonyl (C=O) groups excluding carboxylic acids is 2. The normalized spacial score (nSPS) is 10.8. The molecular formula is C18H19N5O3S. The van der Waals surface area contributed by atoms with Crippen molar-refractivity contribution in [2.45, 2.75) is 30.3 Å². The smallest absolute Gasteiger partial charge is 0.248 e. The summed E-state index contributed by atoms with van der Waals surface area (Å²) in [6.45, 7) is 0.469. The molecule has 0 saturated heterocycles. The van der Waals surface area contributed by atoms with Gasteiger partial charge in [-0.2, -0.15) is 0 Å². The van der Waals surface area contributed by atoms with Crippen LogP contribution in [0.2, 0.25) is 0 Å². The van der Waals surface area contributed by atoms with Crippen molar-refractivity contribution in [3.8, 4) is 0 Å². The molecule has 0 aliphatic rings. The molecule has 0 fully saturated rings. The fraction of sp³-hybridized carbons (Fsp3) is 0.222. The molecule has 3 aromatic rings. The predicted molar refractivity (Wildman–Crippen MR) is 99.9 cm³/mol. The Kier molecular flexibility index (Phi) is 5.92. The van der Waals surface area contributed by atoms with E-state index in [1.165, 1.54) is 11.8 Å². The molecule has 3 rings (SSSR count). The van der Waals surface area contributed by atoms with Crippen LogP contribution in [0.4, 0.5) is 0 Å². The van der Waals surface area contributed by atoms with Gasteiger partial charge in [-0.05, 0) is 29.8 Å². The highest BCUT2D eigenvalue weighted by Gasteiger charge is 2.15. The van der Waals surface area contributed by atoms with Gasteiger partial charge in [0.1, 0.15) is 11.6 Å². The predicted octanol–water partition coefficient (Wildman–Crippen LogP) is 1.73. The molecule has 4 N–H and O–H groups in total. The van der Waals surface area contributed by atoms with Crippen LogP contribution in [0.25, 0.3) is 0 Å². The molecule has 9 heteroatoms. The molecule has 0 atom stereocenters. The van der Waals surface area contributed by atoms with Crippen molar-refractivity contribution in [1.29, 1.82) is 0 Å². The maximum absolute atomic E-state index is 11.2. The maximum Gasteiger partial charge on any atom is 0.248 e. The van der Waals surface area contributed by atoms with Crippen molar-refractivity contribution in [3.05, 3.63) is 65.4 Å². The molecule has 8 nitrogen and oxygen atoms in total. The summed E-state index contributed by atoms with van der Waals surface area (Å²) >= 11 is 1.51. The number of hydrogen-bond acceptors (Lipinski definition) is 6. The van der Waals surface area contributed by atoms with E-state index in [-0.39, 0.29) is 12.3 Å². The second-order valence-electron chi connectivity index (χ2n) is 5.88. The number of furan rings is 1. The van der Waals surface area contributed by atoms with Crippen LogP contribution in [0, 0.1) is 0 Å². The molecule has 0 spiro atoms. The lowest BCUT2D eigenvalue weighted by atomic mass is 10.1. The number of aromatic nitrogens is 3. The van der Waals surface area contributed by atoms with Crippen LogP contribution in [0.15, 0.2) is 52.2 Å². The first-order valence-electron chi connectivity index (χ1n) is 8.27. The molecule has 0 bridgehead atoms. The van der Waals surface area contributed by atoms with Gasteiger partial charge in [0.2, 0.25) is 11.8 Å². The highest BCUT2D eigenvalue weighted by atomic mass is 32.2. The van der Waals surface area contributed by atoms with E-state index >= 15 is 0 Å². The second-order valence-corrected chi connectivity index (χ2v) is 6.82. The molecule has 0 saturated carbocycles. The monoisotopic (exact) mass is 385 g/mol. The fourth-order valence-corrected chi connectivity index (χ4v) is 3.39. The molecular weight excluding hydrogens is 366 g/mol. The van der Waals surface area contributed by atoms with E-state index in [1.54, 1.807) is 18.4 Å². The third-order valence-electron chi connectivity index (χ3n) is 3.89. The number of nitrogens with two attached hydrogens (primary N) is 2. The highest BCUT2D eigenvalue weighted by molar-refractivity contribution is 7.98. The SMILES string of the molecule is NC(=O)CCc1nnc(SCc2ccc(C(N)=O)cc2)n1Cc1ccco1. The topological polar surface area (TPSA) is 130 Å². The zero-order chi connectivity index (χ0) is 19.2. The van der Waals surface area contributed by atoms with E-state index in [0.717, 1.165) is 11.3 Å². The van der Waals surface area contributed by atoms with Gasteiger partial charge in [-0.3, -0.25) is 14.2 Å². The highest BCUT2D eigenvalue weighted by Crippen LogP contribution is 2.24. The van der Waals surface area contributed by atoms with Gasteiger partial charge in [0.05, 0.1) is 12.8 Å². The molecule has 0 unspecified atom stereocenters. The van der Waals surface area contributed by atoms with Crippen LogP contribution < -0.4 is 11.5 Å². The Morgan fingerprint density at radius 3 is 2.52 bits per heavy atom. The van der Waals surface area contributed by atoms with Crippen LogP contribution in [0.3, 0.4) is 0 Å². The van der Waals surface area contributed by atoms with Crippen molar-refractivity contribution < 1.29 is 14.0 Å². The number of amides is 2. The molecule has 1 aromatic carbocycles. The summed E-state index contributed by atoms with van der Waals surface area (Å²) in [5, 5.41) is 9.16. The number of rotatable bonds is 9. The van der Waals surface area contributed by atoms with E-state index in [4.69, 9.17) is 15.9 Å². The van der Waals surface area contributed by atoms with Crippen LogP contribution in [-0.4, -0.2) is 26.6 Å². The molecule has 0 radical (unpaired) electrons. The largest absolute Gasteiger partial charge is 0.467 e. The third-order valence-corrected chi connectivity index (χ3v) is 4.93. The number of aryl methyl sites for hydroxylation is 1. The summed E-state index contributed by atoms with van der Waals surface area (Å²) in [4.78, 5) is 22.3. The molecule has 0 aliphatic carbocycles. The summed E-state index contributed by atoms with van der Waals surface area (Å²) in [7, 11) is 0. The minimum absolute atomic E-state index is 0.204. The molecule has 2 aromatic heterocycles. The average Bonchev–Trinajstić information content (AvgIpc) is 3.29. The van der Waals surface area contributed by atoms with Gasteiger partial charge in [-0.1, -0.05) is 23.9 Å². The number of carbonyl (C=O) groups is 2. The van der Waals surface area contributed by atoms with Crippen molar-refractivity contribution in [3.63, 3.8) is 0 Å². The van der Waals surface area contributed by atoms with E-state index in [0.29, 0.717) is 35.3 Å². The van der Waals surface area contributed by atoms with Crippen LogP contribution in [-0.2, 0) is 23.5 Å². The quantitative estimate of drug-likeness (QED) is 0.540. The summed E-state index contributed by atoms with van der Waals surface area (Å²) < 4.78 is 7.34. The lowest BCUT2D eigenvalue weighted by Gasteiger charge is -2.08.